The molecule has 0 unspecified atom stereocenters. The number of rotatable bonds is 6. The van der Waals surface area contributed by atoms with Crippen LogP contribution in [0.15, 0.2) is 65.1 Å². The zero-order valence-corrected chi connectivity index (χ0v) is 16.9. The van der Waals surface area contributed by atoms with Gasteiger partial charge in [0.15, 0.2) is 0 Å². The van der Waals surface area contributed by atoms with Crippen LogP contribution in [0.3, 0.4) is 0 Å². The highest BCUT2D eigenvalue weighted by atomic mass is 35.5. The van der Waals surface area contributed by atoms with Gasteiger partial charge in [-0.05, 0) is 30.7 Å². The number of anilines is 1. The highest BCUT2D eigenvalue weighted by molar-refractivity contribution is 6.31. The lowest BCUT2D eigenvalue weighted by atomic mass is 10.1. The molecule has 1 atom stereocenters. The molecule has 1 aromatic heterocycles. The van der Waals surface area contributed by atoms with Gasteiger partial charge in [0.1, 0.15) is 16.9 Å². The largest absolute Gasteiger partial charge is 0.495 e. The van der Waals surface area contributed by atoms with Crippen molar-refractivity contribution >= 4 is 45.1 Å². The van der Waals surface area contributed by atoms with E-state index >= 15 is 0 Å². The van der Waals surface area contributed by atoms with Gasteiger partial charge in [0.2, 0.25) is 5.91 Å². The summed E-state index contributed by atoms with van der Waals surface area (Å²) in [6, 6.07) is 19.0. The topological polar surface area (TPSA) is 63.5 Å². The number of nitrogens with one attached hydrogen (secondary N) is 2. The van der Waals surface area contributed by atoms with Crippen LogP contribution >= 0.6 is 11.6 Å². The van der Waals surface area contributed by atoms with E-state index in [4.69, 9.17) is 20.8 Å². The smallest absolute Gasteiger partial charge is 0.238 e. The maximum Gasteiger partial charge on any atom is 0.238 e. The Bertz CT molecular complexity index is 1190. The van der Waals surface area contributed by atoms with E-state index in [0.717, 1.165) is 21.9 Å². The first-order valence-corrected chi connectivity index (χ1v) is 9.71. The first-order chi connectivity index (χ1) is 14.1. The molecule has 4 aromatic rings. The molecule has 0 aliphatic carbocycles. The minimum absolute atomic E-state index is 0.0609. The van der Waals surface area contributed by atoms with E-state index < -0.39 is 0 Å². The van der Waals surface area contributed by atoms with E-state index in [1.165, 1.54) is 0 Å². The fourth-order valence-corrected chi connectivity index (χ4v) is 3.69. The number of halogens is 1. The predicted octanol–water partition coefficient (Wildman–Crippen LogP) is 5.54. The first-order valence-electron chi connectivity index (χ1n) is 9.33. The third-order valence-electron chi connectivity index (χ3n) is 4.91. The fraction of sp³-hybridized carbons (Fsp3) is 0.174. The maximum atomic E-state index is 12.5. The molecule has 2 N–H and O–H groups in total. The number of carbonyl (C=O) groups excluding carboxylic acids is 1. The van der Waals surface area contributed by atoms with Crippen LogP contribution in [0.4, 0.5) is 5.69 Å². The van der Waals surface area contributed by atoms with Gasteiger partial charge in [-0.25, -0.2) is 0 Å². The zero-order chi connectivity index (χ0) is 20.4. The number of carbonyl (C=O) groups is 1. The molecule has 0 saturated carbocycles. The van der Waals surface area contributed by atoms with E-state index in [0.29, 0.717) is 22.0 Å². The Morgan fingerprint density at radius 2 is 1.83 bits per heavy atom. The van der Waals surface area contributed by atoms with Crippen molar-refractivity contribution in [2.75, 3.05) is 19.0 Å². The second-order valence-corrected chi connectivity index (χ2v) is 7.23. The molecule has 1 heterocycles. The summed E-state index contributed by atoms with van der Waals surface area (Å²) in [5, 5.41) is 8.72. The van der Waals surface area contributed by atoms with Crippen molar-refractivity contribution < 1.29 is 13.9 Å². The third-order valence-corrected chi connectivity index (χ3v) is 5.26. The molecule has 0 bridgehead atoms. The van der Waals surface area contributed by atoms with Crippen molar-refractivity contribution in [1.82, 2.24) is 5.32 Å². The predicted molar refractivity (Wildman–Crippen MR) is 117 cm³/mol. The zero-order valence-electron chi connectivity index (χ0n) is 16.2. The number of hydrogen-bond donors (Lipinski definition) is 2. The summed E-state index contributed by atoms with van der Waals surface area (Å²) >= 11 is 6.23. The van der Waals surface area contributed by atoms with Gasteiger partial charge in [0.05, 0.1) is 19.3 Å². The molecular formula is C23H21ClN2O3. The monoisotopic (exact) mass is 408 g/mol. The molecular weight excluding hydrogens is 388 g/mol. The number of hydrogen-bond acceptors (Lipinski definition) is 4. The van der Waals surface area contributed by atoms with Crippen molar-refractivity contribution in [2.24, 2.45) is 0 Å². The van der Waals surface area contributed by atoms with Crippen molar-refractivity contribution in [3.05, 3.63) is 71.2 Å². The Balaban J connectivity index is 1.51. The van der Waals surface area contributed by atoms with Crippen LogP contribution in [-0.4, -0.2) is 19.6 Å². The molecule has 0 saturated heterocycles. The summed E-state index contributed by atoms with van der Waals surface area (Å²) in [4.78, 5) is 12.5. The Morgan fingerprint density at radius 1 is 1.07 bits per heavy atom. The van der Waals surface area contributed by atoms with Gasteiger partial charge in [-0.3, -0.25) is 4.79 Å². The van der Waals surface area contributed by atoms with Gasteiger partial charge in [-0.2, -0.15) is 0 Å². The second kappa shape index (κ2) is 8.15. The van der Waals surface area contributed by atoms with E-state index in [-0.39, 0.29) is 18.5 Å². The Labute approximate surface area is 173 Å². The molecule has 0 radical (unpaired) electrons. The van der Waals surface area contributed by atoms with Crippen LogP contribution in [-0.2, 0) is 4.79 Å². The van der Waals surface area contributed by atoms with E-state index in [9.17, 15) is 4.79 Å². The van der Waals surface area contributed by atoms with E-state index in [1.54, 1.807) is 13.2 Å². The van der Waals surface area contributed by atoms with Gasteiger partial charge >= 0.3 is 0 Å². The fourth-order valence-electron chi connectivity index (χ4n) is 3.39. The molecule has 5 nitrogen and oxygen atoms in total. The Kier molecular flexibility index (Phi) is 5.43. The molecule has 0 aliphatic heterocycles. The molecule has 0 aliphatic rings. The van der Waals surface area contributed by atoms with Crippen molar-refractivity contribution in [3.63, 3.8) is 0 Å². The summed E-state index contributed by atoms with van der Waals surface area (Å²) in [7, 11) is 1.58. The number of ether oxygens (including phenoxy) is 1. The molecule has 1 amide bonds. The minimum Gasteiger partial charge on any atom is -0.495 e. The van der Waals surface area contributed by atoms with Gasteiger partial charge in [-0.1, -0.05) is 48.0 Å². The molecule has 3 aromatic carbocycles. The summed E-state index contributed by atoms with van der Waals surface area (Å²) in [5.74, 6) is 0.397. The van der Waals surface area contributed by atoms with Crippen LogP contribution < -0.4 is 15.4 Å². The van der Waals surface area contributed by atoms with Gasteiger partial charge in [0.25, 0.3) is 0 Å². The second-order valence-electron chi connectivity index (χ2n) is 6.82. The number of fused-ring (bicyclic) bond motifs is 3. The highest BCUT2D eigenvalue weighted by Crippen LogP contribution is 2.36. The van der Waals surface area contributed by atoms with Gasteiger partial charge in [0, 0.05) is 27.9 Å². The molecule has 4 rings (SSSR count). The van der Waals surface area contributed by atoms with E-state index in [1.807, 2.05) is 61.5 Å². The van der Waals surface area contributed by atoms with Crippen molar-refractivity contribution in [2.45, 2.75) is 13.0 Å². The lowest BCUT2D eigenvalue weighted by Gasteiger charge is -2.16. The number of para-hydroxylation sites is 1. The van der Waals surface area contributed by atoms with Crippen molar-refractivity contribution in [1.29, 1.82) is 0 Å². The quantitative estimate of drug-likeness (QED) is 0.440. The number of furan rings is 1. The molecule has 0 fully saturated rings. The lowest BCUT2D eigenvalue weighted by Crippen LogP contribution is -2.30. The van der Waals surface area contributed by atoms with Crippen LogP contribution in [0.5, 0.6) is 5.75 Å². The number of amides is 1. The Morgan fingerprint density at radius 3 is 2.62 bits per heavy atom. The Hall–Kier alpha value is -3.02. The average Bonchev–Trinajstić information content (AvgIpc) is 3.09. The number of methoxy groups -OCH3 is 1. The SMILES string of the molecule is COc1cc2c(cc1NC(=O)CN[C@@H](C)c1ccccc1Cl)oc1ccccc12. The van der Waals surface area contributed by atoms with Crippen LogP contribution in [0.2, 0.25) is 5.02 Å². The number of benzene rings is 3. The molecule has 6 heteroatoms. The van der Waals surface area contributed by atoms with Crippen LogP contribution in [0.25, 0.3) is 21.9 Å². The minimum atomic E-state index is -0.183. The molecule has 148 valence electrons. The summed E-state index contributed by atoms with van der Waals surface area (Å²) in [6.07, 6.45) is 0. The summed E-state index contributed by atoms with van der Waals surface area (Å²) in [5.41, 5.74) is 3.00. The first kappa shape index (κ1) is 19.3. The third kappa shape index (κ3) is 3.92. The molecule has 0 spiro atoms. The summed E-state index contributed by atoms with van der Waals surface area (Å²) in [6.45, 7) is 2.10. The highest BCUT2D eigenvalue weighted by Gasteiger charge is 2.15. The standard InChI is InChI=1S/C23H21ClN2O3/c1-14(15-7-3-5-9-18(15)24)25-13-23(27)26-19-12-21-17(11-22(19)28-2)16-8-4-6-10-20(16)29-21/h3-12,14,25H,13H2,1-2H3,(H,26,27)/t14-/m0/s1. The molecule has 29 heavy (non-hydrogen) atoms. The average molecular weight is 409 g/mol. The van der Waals surface area contributed by atoms with E-state index in [2.05, 4.69) is 10.6 Å². The van der Waals surface area contributed by atoms with Crippen LogP contribution in [0, 0.1) is 0 Å². The van der Waals surface area contributed by atoms with Crippen molar-refractivity contribution in [3.8, 4) is 5.75 Å². The maximum absolute atomic E-state index is 12.5. The normalized spacial score (nSPS) is 12.2. The van der Waals surface area contributed by atoms with Gasteiger partial charge in [-0.15, -0.1) is 0 Å². The van der Waals surface area contributed by atoms with Crippen LogP contribution in [0.1, 0.15) is 18.5 Å². The summed E-state index contributed by atoms with van der Waals surface area (Å²) < 4.78 is 11.4. The lowest BCUT2D eigenvalue weighted by molar-refractivity contribution is -0.115. The van der Waals surface area contributed by atoms with Gasteiger partial charge < -0.3 is 19.8 Å².